The quantitative estimate of drug-likeness (QED) is 0.449. The molecule has 0 amide bonds. The average molecular weight is 287 g/mol. The van der Waals surface area contributed by atoms with Crippen molar-refractivity contribution in [3.63, 3.8) is 0 Å². The lowest BCUT2D eigenvalue weighted by molar-refractivity contribution is 0.476. The third kappa shape index (κ3) is 3.18. The van der Waals surface area contributed by atoms with Crippen molar-refractivity contribution in [3.8, 4) is 5.75 Å². The predicted molar refractivity (Wildman–Crippen MR) is 94.0 cm³/mol. The number of hydrogen-bond donors (Lipinski definition) is 2. The smallest absolute Gasteiger partial charge is 0.116 e. The van der Waals surface area contributed by atoms with Gasteiger partial charge in [-0.15, -0.1) is 0 Å². The molecule has 0 heterocycles. The maximum Gasteiger partial charge on any atom is 0.116 e. The van der Waals surface area contributed by atoms with E-state index in [2.05, 4.69) is 48.5 Å². The Hall–Kier alpha value is -3.00. The van der Waals surface area contributed by atoms with Crippen LogP contribution in [0.5, 0.6) is 5.75 Å². The van der Waals surface area contributed by atoms with E-state index in [1.165, 1.54) is 10.8 Å². The lowest BCUT2D eigenvalue weighted by Gasteiger charge is -1.99. The van der Waals surface area contributed by atoms with Gasteiger partial charge in [0.25, 0.3) is 0 Å². The first kappa shape index (κ1) is 14.0. The van der Waals surface area contributed by atoms with E-state index in [0.717, 1.165) is 16.5 Å². The van der Waals surface area contributed by atoms with Crippen molar-refractivity contribution < 1.29 is 5.11 Å². The van der Waals surface area contributed by atoms with Crippen LogP contribution in [0.25, 0.3) is 21.5 Å². The molecule has 0 aromatic heterocycles. The molecule has 4 aromatic rings. The van der Waals surface area contributed by atoms with Gasteiger partial charge in [0.1, 0.15) is 5.75 Å². The van der Waals surface area contributed by atoms with Gasteiger partial charge in [0, 0.05) is 5.69 Å². The van der Waals surface area contributed by atoms with E-state index in [0.29, 0.717) is 0 Å². The van der Waals surface area contributed by atoms with Gasteiger partial charge in [-0.05, 0) is 45.8 Å². The van der Waals surface area contributed by atoms with Crippen LogP contribution in [0.15, 0.2) is 84.9 Å². The number of nitrogen functional groups attached to an aromatic ring is 1. The van der Waals surface area contributed by atoms with Crippen LogP contribution >= 0.6 is 0 Å². The largest absolute Gasteiger partial charge is 0.508 e. The van der Waals surface area contributed by atoms with E-state index in [9.17, 15) is 0 Å². The summed E-state index contributed by atoms with van der Waals surface area (Å²) >= 11 is 0. The third-order valence-corrected chi connectivity index (χ3v) is 3.51. The zero-order chi connectivity index (χ0) is 15.4. The summed E-state index contributed by atoms with van der Waals surface area (Å²) in [5.74, 6) is 0.285. The van der Waals surface area contributed by atoms with Crippen molar-refractivity contribution in [1.29, 1.82) is 0 Å². The second-order valence-electron chi connectivity index (χ2n) is 5.14. The molecule has 2 nitrogen and oxygen atoms in total. The molecular formula is C20H17NO. The average Bonchev–Trinajstić information content (AvgIpc) is 2.56. The number of benzene rings is 4. The first-order chi connectivity index (χ1) is 10.7. The zero-order valence-corrected chi connectivity index (χ0v) is 12.1. The second kappa shape index (κ2) is 6.19. The van der Waals surface area contributed by atoms with Gasteiger partial charge in [0.2, 0.25) is 0 Å². The van der Waals surface area contributed by atoms with Crippen molar-refractivity contribution in [2.24, 2.45) is 0 Å². The van der Waals surface area contributed by atoms with E-state index in [4.69, 9.17) is 10.8 Å². The Kier molecular flexibility index (Phi) is 3.92. The number of aromatic hydroxyl groups is 1. The Morgan fingerprint density at radius 2 is 1.05 bits per heavy atom. The molecule has 108 valence electrons. The number of anilines is 1. The normalized spacial score (nSPS) is 10.2. The molecule has 0 aliphatic heterocycles. The van der Waals surface area contributed by atoms with Crippen LogP contribution in [0.1, 0.15) is 0 Å². The molecule has 0 aliphatic carbocycles. The van der Waals surface area contributed by atoms with Gasteiger partial charge in [-0.2, -0.15) is 0 Å². The monoisotopic (exact) mass is 287 g/mol. The van der Waals surface area contributed by atoms with Crippen LogP contribution in [0.3, 0.4) is 0 Å². The summed E-state index contributed by atoms with van der Waals surface area (Å²) in [6.07, 6.45) is 0. The Bertz CT molecular complexity index is 809. The molecule has 0 unspecified atom stereocenters. The molecule has 0 saturated heterocycles. The molecule has 4 aromatic carbocycles. The van der Waals surface area contributed by atoms with Crippen molar-refractivity contribution in [2.45, 2.75) is 0 Å². The molecule has 0 spiro atoms. The minimum atomic E-state index is 0.285. The van der Waals surface area contributed by atoms with Crippen LogP contribution in [0, 0.1) is 0 Å². The van der Waals surface area contributed by atoms with E-state index >= 15 is 0 Å². The standard InChI is InChI=1S/C10H9NO.C10H8/c11-9-3-1-8-6-10(12)4-2-7(8)5-9;1-2-6-10-8-4-3-7-9(10)5-1/h1-6,12H,11H2;1-8H. The highest BCUT2D eigenvalue weighted by Crippen LogP contribution is 2.21. The first-order valence-corrected chi connectivity index (χ1v) is 7.14. The molecule has 0 atom stereocenters. The number of phenolic OH excluding ortho intramolecular Hbond substituents is 1. The van der Waals surface area contributed by atoms with Gasteiger partial charge in [0.15, 0.2) is 0 Å². The fourth-order valence-corrected chi connectivity index (χ4v) is 2.38. The Morgan fingerprint density at radius 1 is 0.545 bits per heavy atom. The highest BCUT2D eigenvalue weighted by atomic mass is 16.3. The summed E-state index contributed by atoms with van der Waals surface area (Å²) in [5.41, 5.74) is 6.34. The molecule has 2 heteroatoms. The van der Waals surface area contributed by atoms with Crippen LogP contribution in [0.4, 0.5) is 5.69 Å². The predicted octanol–water partition coefficient (Wildman–Crippen LogP) is 4.97. The first-order valence-electron chi connectivity index (χ1n) is 7.14. The van der Waals surface area contributed by atoms with Gasteiger partial charge in [-0.25, -0.2) is 0 Å². The molecule has 0 bridgehead atoms. The fourth-order valence-electron chi connectivity index (χ4n) is 2.38. The van der Waals surface area contributed by atoms with Gasteiger partial charge >= 0.3 is 0 Å². The van der Waals surface area contributed by atoms with Gasteiger partial charge < -0.3 is 10.8 Å². The van der Waals surface area contributed by atoms with Gasteiger partial charge in [-0.1, -0.05) is 60.7 Å². The lowest BCUT2D eigenvalue weighted by Crippen LogP contribution is -1.82. The molecule has 0 saturated carbocycles. The number of hydrogen-bond acceptors (Lipinski definition) is 2. The van der Waals surface area contributed by atoms with Crippen molar-refractivity contribution in [2.75, 3.05) is 5.73 Å². The van der Waals surface area contributed by atoms with Crippen molar-refractivity contribution in [3.05, 3.63) is 84.9 Å². The van der Waals surface area contributed by atoms with E-state index in [-0.39, 0.29) is 5.75 Å². The maximum atomic E-state index is 9.17. The molecule has 0 radical (unpaired) electrons. The SMILES string of the molecule is Nc1ccc2cc(O)ccc2c1.c1ccc2ccccc2c1. The summed E-state index contributed by atoms with van der Waals surface area (Å²) in [4.78, 5) is 0. The summed E-state index contributed by atoms with van der Waals surface area (Å²) < 4.78 is 0. The summed E-state index contributed by atoms with van der Waals surface area (Å²) in [6, 6.07) is 27.5. The molecule has 22 heavy (non-hydrogen) atoms. The summed E-state index contributed by atoms with van der Waals surface area (Å²) in [6.45, 7) is 0. The molecule has 0 aliphatic rings. The van der Waals surface area contributed by atoms with Crippen LogP contribution < -0.4 is 5.73 Å². The molecule has 4 rings (SSSR count). The Labute approximate surface area is 129 Å². The highest BCUT2D eigenvalue weighted by Gasteiger charge is 1.94. The molecule has 3 N–H and O–H groups in total. The van der Waals surface area contributed by atoms with E-state index in [1.807, 2.05) is 24.3 Å². The Balaban J connectivity index is 0.000000133. The van der Waals surface area contributed by atoms with Crippen LogP contribution in [0.2, 0.25) is 0 Å². The molecular weight excluding hydrogens is 270 g/mol. The molecule has 0 fully saturated rings. The fraction of sp³-hybridized carbons (Fsp3) is 0. The second-order valence-corrected chi connectivity index (χ2v) is 5.14. The number of rotatable bonds is 0. The van der Waals surface area contributed by atoms with E-state index < -0.39 is 0 Å². The Morgan fingerprint density at radius 3 is 1.64 bits per heavy atom. The summed E-state index contributed by atoms with van der Waals surface area (Å²) in [5, 5.41) is 13.8. The van der Waals surface area contributed by atoms with E-state index in [1.54, 1.807) is 12.1 Å². The minimum absolute atomic E-state index is 0.285. The van der Waals surface area contributed by atoms with Crippen LogP contribution in [-0.4, -0.2) is 5.11 Å². The topological polar surface area (TPSA) is 46.2 Å². The third-order valence-electron chi connectivity index (χ3n) is 3.51. The lowest BCUT2D eigenvalue weighted by atomic mass is 10.1. The zero-order valence-electron chi connectivity index (χ0n) is 12.1. The van der Waals surface area contributed by atoms with Crippen molar-refractivity contribution in [1.82, 2.24) is 0 Å². The highest BCUT2D eigenvalue weighted by molar-refractivity contribution is 5.86. The number of phenols is 1. The van der Waals surface area contributed by atoms with Crippen LogP contribution in [-0.2, 0) is 0 Å². The number of nitrogens with two attached hydrogens (primary N) is 1. The number of fused-ring (bicyclic) bond motifs is 2. The van der Waals surface area contributed by atoms with Crippen molar-refractivity contribution >= 4 is 27.2 Å². The van der Waals surface area contributed by atoms with Gasteiger partial charge in [0.05, 0.1) is 0 Å². The maximum absolute atomic E-state index is 9.17. The van der Waals surface area contributed by atoms with Gasteiger partial charge in [-0.3, -0.25) is 0 Å². The summed E-state index contributed by atoms with van der Waals surface area (Å²) in [7, 11) is 0. The minimum Gasteiger partial charge on any atom is -0.508 e.